The van der Waals surface area contributed by atoms with Crippen LogP contribution in [-0.2, 0) is 14.3 Å². The predicted octanol–water partition coefficient (Wildman–Crippen LogP) is 6.30. The van der Waals surface area contributed by atoms with Crippen LogP contribution in [0, 0.1) is 0 Å². The minimum atomic E-state index is -0.577. The van der Waals surface area contributed by atoms with Gasteiger partial charge in [0.1, 0.15) is 5.76 Å². The number of thioether (sulfide) groups is 1. The molecule has 0 fully saturated rings. The van der Waals surface area contributed by atoms with E-state index in [-0.39, 0.29) is 17.6 Å². The van der Waals surface area contributed by atoms with E-state index in [0.717, 1.165) is 12.0 Å². The quantitative estimate of drug-likeness (QED) is 0.434. The van der Waals surface area contributed by atoms with E-state index in [1.807, 2.05) is 52.8 Å². The van der Waals surface area contributed by atoms with Crippen LogP contribution < -0.4 is 5.32 Å². The highest BCUT2D eigenvalue weighted by Crippen LogP contribution is 2.45. The number of amides is 1. The topological polar surface area (TPSA) is 55.4 Å². The number of rotatable bonds is 9. The highest BCUT2D eigenvalue weighted by molar-refractivity contribution is 8.16. The third-order valence-corrected chi connectivity index (χ3v) is 5.17. The second kappa shape index (κ2) is 16.5. The molecule has 0 saturated heterocycles. The van der Waals surface area contributed by atoms with E-state index in [1.165, 1.54) is 17.3 Å². The SMILES string of the molecule is C=C/C(C)=C/C1(C)SC(=O)C(C)=C1OCC(=O)NCC.C=C/C=C(\C=C)CC.CC. The van der Waals surface area contributed by atoms with Crippen molar-refractivity contribution in [2.24, 2.45) is 0 Å². The van der Waals surface area contributed by atoms with Gasteiger partial charge in [0.15, 0.2) is 6.61 Å². The Morgan fingerprint density at radius 3 is 2.20 bits per heavy atom. The van der Waals surface area contributed by atoms with Crippen molar-refractivity contribution in [1.82, 2.24) is 5.32 Å². The lowest BCUT2D eigenvalue weighted by atomic mass is 10.0. The normalized spacial score (nSPS) is 18.4. The van der Waals surface area contributed by atoms with Crippen molar-refractivity contribution in [3.63, 3.8) is 0 Å². The maximum absolute atomic E-state index is 11.9. The zero-order valence-electron chi connectivity index (χ0n) is 19.8. The lowest BCUT2D eigenvalue weighted by Gasteiger charge is -2.23. The Kier molecular flexibility index (Phi) is 16.5. The van der Waals surface area contributed by atoms with Gasteiger partial charge in [-0.15, -0.1) is 0 Å². The number of hydrogen-bond acceptors (Lipinski definition) is 4. The molecule has 1 aliphatic heterocycles. The van der Waals surface area contributed by atoms with Gasteiger partial charge < -0.3 is 10.1 Å². The molecule has 1 aliphatic rings. The van der Waals surface area contributed by atoms with Crippen molar-refractivity contribution >= 4 is 22.8 Å². The molecular weight excluding hydrogens is 394 g/mol. The Hall–Kier alpha value is -2.27. The van der Waals surface area contributed by atoms with Crippen LogP contribution in [0.15, 0.2) is 72.6 Å². The summed E-state index contributed by atoms with van der Waals surface area (Å²) in [5.41, 5.74) is 2.76. The fourth-order valence-electron chi connectivity index (χ4n) is 2.49. The standard InChI is InChI=1S/C15H21NO3S.C8H12.C2H6/c1-6-10(3)8-15(5)13(11(4)14(18)20-15)19-9-12(17)16-7-2;1-4-7-8(5-2)6-3;1-2/h6,8H,1,7,9H2,2-5H3,(H,16,17);4-5,7H,1-2,6H2,3H3;1-2H3/b10-8+;8-7+;. The fourth-order valence-corrected chi connectivity index (χ4v) is 3.67. The summed E-state index contributed by atoms with van der Waals surface area (Å²) in [5.74, 6) is 0.365. The second-order valence-electron chi connectivity index (χ2n) is 6.32. The molecule has 0 aromatic rings. The third kappa shape index (κ3) is 10.5. The van der Waals surface area contributed by atoms with Crippen LogP contribution in [0.4, 0.5) is 0 Å². The zero-order chi connectivity index (χ0) is 23.7. The van der Waals surface area contributed by atoms with Crippen molar-refractivity contribution < 1.29 is 14.3 Å². The molecule has 5 heteroatoms. The van der Waals surface area contributed by atoms with Gasteiger partial charge in [0.05, 0.1) is 4.75 Å². The van der Waals surface area contributed by atoms with Gasteiger partial charge >= 0.3 is 0 Å². The molecule has 0 bridgehead atoms. The number of carbonyl (C=O) groups excluding carboxylic acids is 2. The molecule has 1 N–H and O–H groups in total. The van der Waals surface area contributed by atoms with Crippen LogP contribution in [0.3, 0.4) is 0 Å². The van der Waals surface area contributed by atoms with Crippen LogP contribution in [-0.4, -0.2) is 28.9 Å². The Labute approximate surface area is 187 Å². The van der Waals surface area contributed by atoms with Gasteiger partial charge in [-0.05, 0) is 39.7 Å². The van der Waals surface area contributed by atoms with Crippen molar-refractivity contribution in [3.8, 4) is 0 Å². The summed E-state index contributed by atoms with van der Waals surface area (Å²) in [6, 6.07) is 0. The smallest absolute Gasteiger partial charge is 0.257 e. The van der Waals surface area contributed by atoms with Crippen molar-refractivity contribution in [1.29, 1.82) is 0 Å². The summed E-state index contributed by atoms with van der Waals surface area (Å²) >= 11 is 1.20. The Morgan fingerprint density at radius 1 is 1.20 bits per heavy atom. The lowest BCUT2D eigenvalue weighted by Crippen LogP contribution is -2.29. The van der Waals surface area contributed by atoms with Crippen LogP contribution >= 0.6 is 11.8 Å². The number of likely N-dealkylation sites (N-methyl/N-ethyl adjacent to an activating group) is 1. The first-order valence-corrected chi connectivity index (χ1v) is 11.1. The van der Waals surface area contributed by atoms with E-state index in [2.05, 4.69) is 32.0 Å². The predicted molar refractivity (Wildman–Crippen MR) is 132 cm³/mol. The average Bonchev–Trinajstić information content (AvgIpc) is 2.94. The Balaban J connectivity index is 0. The molecule has 30 heavy (non-hydrogen) atoms. The van der Waals surface area contributed by atoms with Gasteiger partial charge in [0.2, 0.25) is 5.12 Å². The van der Waals surface area contributed by atoms with E-state index in [9.17, 15) is 9.59 Å². The number of allylic oxidation sites excluding steroid dienone is 6. The molecule has 1 amide bonds. The van der Waals surface area contributed by atoms with Crippen LogP contribution in [0.1, 0.15) is 54.9 Å². The highest BCUT2D eigenvalue weighted by Gasteiger charge is 2.41. The first kappa shape index (κ1) is 29.9. The molecule has 0 radical (unpaired) electrons. The van der Waals surface area contributed by atoms with E-state index >= 15 is 0 Å². The zero-order valence-corrected chi connectivity index (χ0v) is 20.6. The van der Waals surface area contributed by atoms with Crippen LogP contribution in [0.2, 0.25) is 0 Å². The van der Waals surface area contributed by atoms with Crippen molar-refractivity contribution in [2.45, 2.75) is 59.6 Å². The Bertz CT molecular complexity index is 701. The van der Waals surface area contributed by atoms with E-state index < -0.39 is 4.75 Å². The molecule has 0 aromatic heterocycles. The van der Waals surface area contributed by atoms with E-state index in [1.54, 1.807) is 19.1 Å². The maximum atomic E-state index is 11.9. The molecular formula is C25H39NO3S. The Morgan fingerprint density at radius 2 is 1.80 bits per heavy atom. The first-order chi connectivity index (χ1) is 14.2. The molecule has 0 saturated carbocycles. The van der Waals surface area contributed by atoms with Gasteiger partial charge in [-0.25, -0.2) is 0 Å². The number of hydrogen-bond donors (Lipinski definition) is 1. The minimum absolute atomic E-state index is 0.0217. The minimum Gasteiger partial charge on any atom is -0.486 e. The van der Waals surface area contributed by atoms with E-state index in [4.69, 9.17) is 4.74 Å². The van der Waals surface area contributed by atoms with Crippen LogP contribution in [0.25, 0.3) is 0 Å². The molecule has 0 aliphatic carbocycles. The molecule has 168 valence electrons. The maximum Gasteiger partial charge on any atom is 0.257 e. The molecule has 0 aromatic carbocycles. The summed E-state index contributed by atoms with van der Waals surface area (Å²) in [4.78, 5) is 23.4. The second-order valence-corrected chi connectivity index (χ2v) is 7.74. The largest absolute Gasteiger partial charge is 0.486 e. The fraction of sp³-hybridized carbons (Fsp3) is 0.440. The average molecular weight is 434 g/mol. The van der Waals surface area contributed by atoms with Crippen molar-refractivity contribution in [2.75, 3.05) is 13.2 Å². The van der Waals surface area contributed by atoms with E-state index in [0.29, 0.717) is 17.9 Å². The number of ether oxygens (including phenoxy) is 1. The van der Waals surface area contributed by atoms with Gasteiger partial charge in [-0.1, -0.05) is 88.2 Å². The molecule has 4 nitrogen and oxygen atoms in total. The molecule has 0 spiro atoms. The highest BCUT2D eigenvalue weighted by atomic mass is 32.2. The summed E-state index contributed by atoms with van der Waals surface area (Å²) < 4.78 is 5.03. The molecule has 1 rings (SSSR count). The monoisotopic (exact) mass is 433 g/mol. The van der Waals surface area contributed by atoms with Gasteiger partial charge in [0.25, 0.3) is 5.91 Å². The summed E-state index contributed by atoms with van der Waals surface area (Å²) in [7, 11) is 0. The van der Waals surface area contributed by atoms with Gasteiger partial charge in [0, 0.05) is 12.1 Å². The van der Waals surface area contributed by atoms with Crippen molar-refractivity contribution in [3.05, 3.63) is 72.6 Å². The summed E-state index contributed by atoms with van der Waals surface area (Å²) in [5, 5.41) is 2.64. The van der Waals surface area contributed by atoms with Crippen LogP contribution in [0.5, 0.6) is 0 Å². The molecule has 1 atom stereocenters. The number of nitrogens with one attached hydrogen (secondary N) is 1. The van der Waals surface area contributed by atoms with Gasteiger partial charge in [-0.2, -0.15) is 0 Å². The summed E-state index contributed by atoms with van der Waals surface area (Å²) in [6.07, 6.45) is 10.3. The molecule has 1 unspecified atom stereocenters. The van der Waals surface area contributed by atoms with Gasteiger partial charge in [-0.3, -0.25) is 9.59 Å². The first-order valence-electron chi connectivity index (χ1n) is 10.3. The lowest BCUT2D eigenvalue weighted by molar-refractivity contribution is -0.124. The summed E-state index contributed by atoms with van der Waals surface area (Å²) in [6.45, 7) is 24.9. The third-order valence-electron chi connectivity index (χ3n) is 3.95. The molecule has 1 heterocycles. The number of carbonyl (C=O) groups is 2.